The number of amides is 1. The van der Waals surface area contributed by atoms with Crippen molar-refractivity contribution >= 4 is 37.6 Å². The van der Waals surface area contributed by atoms with Gasteiger partial charge in [-0.15, -0.1) is 0 Å². The molecule has 8 heteroatoms. The van der Waals surface area contributed by atoms with Crippen LogP contribution in [0.3, 0.4) is 0 Å². The van der Waals surface area contributed by atoms with Gasteiger partial charge in [0.2, 0.25) is 15.9 Å². The second kappa shape index (κ2) is 8.55. The number of benzene rings is 2. The van der Waals surface area contributed by atoms with Crippen LogP contribution in [-0.4, -0.2) is 55.5 Å². The lowest BCUT2D eigenvalue weighted by Gasteiger charge is -2.34. The zero-order valence-corrected chi connectivity index (χ0v) is 17.9. The van der Waals surface area contributed by atoms with Crippen molar-refractivity contribution in [1.29, 1.82) is 0 Å². The van der Waals surface area contributed by atoms with Crippen molar-refractivity contribution in [3.8, 4) is 0 Å². The second-order valence-corrected chi connectivity index (χ2v) is 9.53. The van der Waals surface area contributed by atoms with E-state index in [0.29, 0.717) is 25.1 Å². The molecule has 6 nitrogen and oxygen atoms in total. The summed E-state index contributed by atoms with van der Waals surface area (Å²) in [6, 6.07) is 13.6. The number of hydrogen-bond donors (Lipinski definition) is 0. The number of piperazine rings is 1. The van der Waals surface area contributed by atoms with E-state index in [0.717, 1.165) is 10.0 Å². The van der Waals surface area contributed by atoms with E-state index < -0.39 is 10.0 Å². The minimum absolute atomic E-state index is 0.0158. The van der Waals surface area contributed by atoms with Crippen molar-refractivity contribution in [3.05, 3.63) is 64.1 Å². The van der Waals surface area contributed by atoms with Crippen LogP contribution < -0.4 is 0 Å². The minimum atomic E-state index is -3.69. The molecule has 0 aliphatic carbocycles. The summed E-state index contributed by atoms with van der Waals surface area (Å²) in [4.78, 5) is 25.8. The van der Waals surface area contributed by atoms with Gasteiger partial charge in [-0.2, -0.15) is 4.31 Å². The van der Waals surface area contributed by atoms with Crippen molar-refractivity contribution in [1.82, 2.24) is 9.21 Å². The SMILES string of the molecule is CC(=O)c1cccc(S(=O)(=O)N2CCN(C(=O)Cc3ccc(Br)cc3)CC2)c1. The number of sulfonamides is 1. The van der Waals surface area contributed by atoms with Crippen LogP contribution in [0.25, 0.3) is 0 Å². The largest absolute Gasteiger partial charge is 0.340 e. The highest BCUT2D eigenvalue weighted by atomic mass is 79.9. The highest BCUT2D eigenvalue weighted by molar-refractivity contribution is 9.10. The molecule has 1 amide bonds. The van der Waals surface area contributed by atoms with E-state index in [1.165, 1.54) is 23.4 Å². The molecule has 28 heavy (non-hydrogen) atoms. The Balaban J connectivity index is 1.64. The van der Waals surface area contributed by atoms with Crippen LogP contribution >= 0.6 is 15.9 Å². The van der Waals surface area contributed by atoms with Crippen molar-refractivity contribution < 1.29 is 18.0 Å². The van der Waals surface area contributed by atoms with E-state index in [9.17, 15) is 18.0 Å². The van der Waals surface area contributed by atoms with Gasteiger partial charge in [-0.05, 0) is 36.8 Å². The fourth-order valence-electron chi connectivity index (χ4n) is 3.09. The third kappa shape index (κ3) is 4.68. The number of carbonyl (C=O) groups excluding carboxylic acids is 2. The van der Waals surface area contributed by atoms with Gasteiger partial charge in [0, 0.05) is 36.2 Å². The maximum Gasteiger partial charge on any atom is 0.243 e. The molecule has 0 spiro atoms. The molecule has 2 aromatic carbocycles. The minimum Gasteiger partial charge on any atom is -0.340 e. The fraction of sp³-hybridized carbons (Fsp3) is 0.300. The summed E-state index contributed by atoms with van der Waals surface area (Å²) in [6.45, 7) is 2.57. The molecule has 0 N–H and O–H groups in total. The lowest BCUT2D eigenvalue weighted by Crippen LogP contribution is -2.50. The zero-order chi connectivity index (χ0) is 20.3. The van der Waals surface area contributed by atoms with E-state index in [2.05, 4.69) is 15.9 Å². The fourth-order valence-corrected chi connectivity index (χ4v) is 4.82. The van der Waals surface area contributed by atoms with E-state index >= 15 is 0 Å². The summed E-state index contributed by atoms with van der Waals surface area (Å²) in [7, 11) is -3.69. The molecule has 3 rings (SSSR count). The average Bonchev–Trinajstić information content (AvgIpc) is 2.70. The first-order valence-corrected chi connectivity index (χ1v) is 11.1. The molecule has 2 aromatic rings. The van der Waals surface area contributed by atoms with Gasteiger partial charge in [0.1, 0.15) is 0 Å². The van der Waals surface area contributed by atoms with Gasteiger partial charge < -0.3 is 4.90 Å². The Morgan fingerprint density at radius 3 is 2.25 bits per heavy atom. The zero-order valence-electron chi connectivity index (χ0n) is 15.5. The highest BCUT2D eigenvalue weighted by Gasteiger charge is 2.30. The molecule has 0 unspecified atom stereocenters. The van der Waals surface area contributed by atoms with Crippen LogP contribution in [0.15, 0.2) is 57.9 Å². The quantitative estimate of drug-likeness (QED) is 0.637. The number of halogens is 1. The van der Waals surface area contributed by atoms with Crippen molar-refractivity contribution in [2.24, 2.45) is 0 Å². The third-order valence-electron chi connectivity index (χ3n) is 4.74. The maximum absolute atomic E-state index is 12.9. The van der Waals surface area contributed by atoms with Gasteiger partial charge in [0.15, 0.2) is 5.78 Å². The molecule has 148 valence electrons. The molecule has 0 bridgehead atoms. The number of carbonyl (C=O) groups is 2. The molecule has 0 saturated carbocycles. The number of Topliss-reactive ketones (excluding diaryl/α,β-unsaturated/α-hetero) is 1. The smallest absolute Gasteiger partial charge is 0.243 e. The first kappa shape index (κ1) is 20.7. The summed E-state index contributed by atoms with van der Waals surface area (Å²) < 4.78 is 28.1. The number of ketones is 1. The Labute approximate surface area is 173 Å². The Hall–Kier alpha value is -2.03. The van der Waals surface area contributed by atoms with Gasteiger partial charge in [-0.1, -0.05) is 40.2 Å². The second-order valence-electron chi connectivity index (χ2n) is 6.67. The molecular formula is C20H21BrN2O4S. The third-order valence-corrected chi connectivity index (χ3v) is 7.16. The number of rotatable bonds is 5. The molecular weight excluding hydrogens is 444 g/mol. The molecule has 0 aromatic heterocycles. The Kier molecular flexibility index (Phi) is 6.32. The molecule has 1 saturated heterocycles. The Morgan fingerprint density at radius 2 is 1.64 bits per heavy atom. The lowest BCUT2D eigenvalue weighted by molar-refractivity contribution is -0.131. The van der Waals surface area contributed by atoms with Gasteiger partial charge in [0.05, 0.1) is 11.3 Å². The van der Waals surface area contributed by atoms with E-state index in [4.69, 9.17) is 0 Å². The first-order chi connectivity index (χ1) is 13.3. The topological polar surface area (TPSA) is 74.8 Å². The van der Waals surface area contributed by atoms with E-state index in [1.807, 2.05) is 24.3 Å². The average molecular weight is 465 g/mol. The van der Waals surface area contributed by atoms with Crippen molar-refractivity contribution in [3.63, 3.8) is 0 Å². The van der Waals surface area contributed by atoms with E-state index in [1.54, 1.807) is 17.0 Å². The summed E-state index contributed by atoms with van der Waals surface area (Å²) in [5.41, 5.74) is 1.29. The standard InChI is InChI=1S/C20H21BrN2O4S/c1-15(24)17-3-2-4-19(14-17)28(26,27)23-11-9-22(10-12-23)20(25)13-16-5-7-18(21)8-6-16/h2-8,14H,9-13H2,1H3. The van der Waals surface area contributed by atoms with Gasteiger partial charge >= 0.3 is 0 Å². The lowest BCUT2D eigenvalue weighted by atomic mass is 10.1. The van der Waals surface area contributed by atoms with Crippen LogP contribution in [0, 0.1) is 0 Å². The van der Waals surface area contributed by atoms with Gasteiger partial charge in [-0.3, -0.25) is 9.59 Å². The first-order valence-electron chi connectivity index (χ1n) is 8.91. The summed E-state index contributed by atoms with van der Waals surface area (Å²) in [5.74, 6) is -0.196. The van der Waals surface area contributed by atoms with Crippen LogP contribution in [0.5, 0.6) is 0 Å². The molecule has 1 fully saturated rings. The molecule has 1 aliphatic rings. The monoisotopic (exact) mass is 464 g/mol. The highest BCUT2D eigenvalue weighted by Crippen LogP contribution is 2.20. The molecule has 1 aliphatic heterocycles. The molecule has 0 atom stereocenters. The van der Waals surface area contributed by atoms with Crippen LogP contribution in [-0.2, 0) is 21.2 Å². The normalized spacial score (nSPS) is 15.4. The molecule has 0 radical (unpaired) electrons. The summed E-state index contributed by atoms with van der Waals surface area (Å²) in [5, 5.41) is 0. The molecule has 1 heterocycles. The number of hydrogen-bond acceptors (Lipinski definition) is 4. The van der Waals surface area contributed by atoms with Gasteiger partial charge in [0.25, 0.3) is 0 Å². The number of nitrogens with zero attached hydrogens (tertiary/aromatic N) is 2. The predicted octanol–water partition coefficient (Wildman–Crippen LogP) is 2.73. The van der Waals surface area contributed by atoms with E-state index in [-0.39, 0.29) is 29.7 Å². The van der Waals surface area contributed by atoms with Gasteiger partial charge in [-0.25, -0.2) is 8.42 Å². The van der Waals surface area contributed by atoms with Crippen LogP contribution in [0.1, 0.15) is 22.8 Å². The van der Waals surface area contributed by atoms with Crippen LogP contribution in [0.2, 0.25) is 0 Å². The van der Waals surface area contributed by atoms with Crippen molar-refractivity contribution in [2.45, 2.75) is 18.2 Å². The maximum atomic E-state index is 12.9. The summed E-state index contributed by atoms with van der Waals surface area (Å²) >= 11 is 3.37. The summed E-state index contributed by atoms with van der Waals surface area (Å²) in [6.07, 6.45) is 0.292. The Bertz CT molecular complexity index is 982. The predicted molar refractivity (Wildman–Crippen MR) is 110 cm³/mol. The Morgan fingerprint density at radius 1 is 1.00 bits per heavy atom. The van der Waals surface area contributed by atoms with Crippen LogP contribution in [0.4, 0.5) is 0 Å². The van der Waals surface area contributed by atoms with Crippen molar-refractivity contribution in [2.75, 3.05) is 26.2 Å².